The zero-order valence-electron chi connectivity index (χ0n) is 14.8. The molecular weight excluding hydrogens is 326 g/mol. The summed E-state index contributed by atoms with van der Waals surface area (Å²) in [5, 5.41) is 5.78. The van der Waals surface area contributed by atoms with E-state index in [1.54, 1.807) is 0 Å². The number of hydrogen-bond acceptors (Lipinski definition) is 2. The summed E-state index contributed by atoms with van der Waals surface area (Å²) in [6, 6.07) is 13.7. The van der Waals surface area contributed by atoms with Crippen LogP contribution >= 0.6 is 0 Å². The van der Waals surface area contributed by atoms with Crippen molar-refractivity contribution in [3.8, 4) is 0 Å². The van der Waals surface area contributed by atoms with Crippen LogP contribution in [0.25, 0.3) is 0 Å². The van der Waals surface area contributed by atoms with E-state index in [0.717, 1.165) is 42.7 Å². The lowest BCUT2D eigenvalue weighted by atomic mass is 10.1. The zero-order valence-corrected chi connectivity index (χ0v) is 14.8. The minimum absolute atomic E-state index is 0.185. The molecule has 0 saturated carbocycles. The first-order valence-electron chi connectivity index (χ1n) is 9.25. The SMILES string of the molecule is O=C(NCc1ccc(N2CCCC2=O)cc1)Nc1ccc2c(c1)CCC2. The van der Waals surface area contributed by atoms with Gasteiger partial charge in [0.15, 0.2) is 0 Å². The van der Waals surface area contributed by atoms with Gasteiger partial charge < -0.3 is 15.5 Å². The quantitative estimate of drug-likeness (QED) is 0.885. The van der Waals surface area contributed by atoms with Gasteiger partial charge in [0.1, 0.15) is 0 Å². The Hall–Kier alpha value is -2.82. The lowest BCUT2D eigenvalue weighted by Crippen LogP contribution is -2.28. The first-order chi connectivity index (χ1) is 12.7. The molecule has 2 aliphatic rings. The third kappa shape index (κ3) is 3.57. The molecule has 1 fully saturated rings. The summed E-state index contributed by atoms with van der Waals surface area (Å²) in [6.07, 6.45) is 4.99. The summed E-state index contributed by atoms with van der Waals surface area (Å²) in [5.41, 5.74) is 5.51. The Balaban J connectivity index is 1.31. The maximum Gasteiger partial charge on any atom is 0.319 e. The fourth-order valence-electron chi connectivity index (χ4n) is 3.72. The van der Waals surface area contributed by atoms with E-state index < -0.39 is 0 Å². The highest BCUT2D eigenvalue weighted by atomic mass is 16.2. The molecule has 3 amide bonds. The number of rotatable bonds is 4. The third-order valence-electron chi connectivity index (χ3n) is 5.13. The van der Waals surface area contributed by atoms with Gasteiger partial charge in [-0.25, -0.2) is 4.79 Å². The standard InChI is InChI=1S/C21H23N3O2/c25-20-5-2-12-24(20)19-10-6-15(7-11-19)14-22-21(26)23-18-9-8-16-3-1-4-17(16)13-18/h6-11,13H,1-5,12,14H2,(H2,22,23,26). The summed E-state index contributed by atoms with van der Waals surface area (Å²) in [4.78, 5) is 25.7. The molecule has 2 N–H and O–H groups in total. The summed E-state index contributed by atoms with van der Waals surface area (Å²) in [6.45, 7) is 1.24. The number of hydrogen-bond donors (Lipinski definition) is 2. The maximum atomic E-state index is 12.1. The van der Waals surface area contributed by atoms with E-state index >= 15 is 0 Å². The van der Waals surface area contributed by atoms with Gasteiger partial charge >= 0.3 is 6.03 Å². The van der Waals surface area contributed by atoms with Gasteiger partial charge in [0.25, 0.3) is 0 Å². The van der Waals surface area contributed by atoms with Gasteiger partial charge in [-0.05, 0) is 66.6 Å². The second-order valence-electron chi connectivity index (χ2n) is 6.96. The van der Waals surface area contributed by atoms with Crippen molar-refractivity contribution in [2.24, 2.45) is 0 Å². The van der Waals surface area contributed by atoms with Crippen molar-refractivity contribution in [1.29, 1.82) is 0 Å². The van der Waals surface area contributed by atoms with Crippen LogP contribution in [-0.2, 0) is 24.2 Å². The van der Waals surface area contributed by atoms with Crippen LogP contribution in [0.2, 0.25) is 0 Å². The number of nitrogens with one attached hydrogen (secondary N) is 2. The zero-order chi connectivity index (χ0) is 17.9. The first-order valence-corrected chi connectivity index (χ1v) is 9.25. The van der Waals surface area contributed by atoms with Crippen LogP contribution in [0.4, 0.5) is 16.2 Å². The molecule has 1 aliphatic heterocycles. The first kappa shape index (κ1) is 16.6. The van der Waals surface area contributed by atoms with Crippen molar-refractivity contribution in [3.63, 3.8) is 0 Å². The fourth-order valence-corrected chi connectivity index (χ4v) is 3.72. The van der Waals surface area contributed by atoms with Crippen LogP contribution < -0.4 is 15.5 Å². The highest BCUT2D eigenvalue weighted by Gasteiger charge is 2.21. The topological polar surface area (TPSA) is 61.4 Å². The molecule has 0 bridgehead atoms. The van der Waals surface area contributed by atoms with Crippen LogP contribution in [0.15, 0.2) is 42.5 Å². The van der Waals surface area contributed by atoms with Gasteiger partial charge in [0.2, 0.25) is 5.91 Å². The highest BCUT2D eigenvalue weighted by molar-refractivity contribution is 5.95. The Bertz CT molecular complexity index is 830. The summed E-state index contributed by atoms with van der Waals surface area (Å²) in [5.74, 6) is 0.185. The van der Waals surface area contributed by atoms with Crippen molar-refractivity contribution in [2.45, 2.75) is 38.6 Å². The van der Waals surface area contributed by atoms with E-state index in [4.69, 9.17) is 0 Å². The average Bonchev–Trinajstić information content (AvgIpc) is 3.29. The number of amides is 3. The molecule has 0 unspecified atom stereocenters. The van der Waals surface area contributed by atoms with Crippen LogP contribution in [-0.4, -0.2) is 18.5 Å². The smallest absolute Gasteiger partial charge is 0.319 e. The third-order valence-corrected chi connectivity index (χ3v) is 5.13. The van der Waals surface area contributed by atoms with E-state index in [1.807, 2.05) is 35.2 Å². The lowest BCUT2D eigenvalue weighted by molar-refractivity contribution is -0.117. The molecule has 1 heterocycles. The molecule has 4 rings (SSSR count). The summed E-state index contributed by atoms with van der Waals surface area (Å²) < 4.78 is 0. The Labute approximate surface area is 153 Å². The number of fused-ring (bicyclic) bond motifs is 1. The van der Waals surface area contributed by atoms with Crippen molar-refractivity contribution >= 4 is 23.3 Å². The van der Waals surface area contributed by atoms with Crippen LogP contribution in [0, 0.1) is 0 Å². The molecule has 5 nitrogen and oxygen atoms in total. The normalized spacial score (nSPS) is 15.8. The Morgan fingerprint density at radius 3 is 2.54 bits per heavy atom. The van der Waals surface area contributed by atoms with Gasteiger partial charge in [0.05, 0.1) is 0 Å². The van der Waals surface area contributed by atoms with Gasteiger partial charge in [-0.15, -0.1) is 0 Å². The van der Waals surface area contributed by atoms with E-state index in [0.29, 0.717) is 13.0 Å². The van der Waals surface area contributed by atoms with Crippen molar-refractivity contribution in [3.05, 3.63) is 59.2 Å². The second kappa shape index (κ2) is 7.20. The Morgan fingerprint density at radius 1 is 0.962 bits per heavy atom. The molecule has 2 aromatic carbocycles. The fraction of sp³-hybridized carbons (Fsp3) is 0.333. The van der Waals surface area contributed by atoms with Crippen molar-refractivity contribution in [1.82, 2.24) is 5.32 Å². The Kier molecular flexibility index (Phi) is 4.61. The molecule has 26 heavy (non-hydrogen) atoms. The van der Waals surface area contributed by atoms with Crippen LogP contribution in [0.1, 0.15) is 36.0 Å². The number of anilines is 2. The maximum absolute atomic E-state index is 12.1. The number of aryl methyl sites for hydroxylation is 2. The lowest BCUT2D eigenvalue weighted by Gasteiger charge is -2.16. The number of carbonyl (C=O) groups excluding carboxylic acids is 2. The van der Waals surface area contributed by atoms with E-state index in [1.165, 1.54) is 17.5 Å². The Morgan fingerprint density at radius 2 is 1.77 bits per heavy atom. The largest absolute Gasteiger partial charge is 0.334 e. The predicted octanol–water partition coefficient (Wildman–Crippen LogP) is 3.62. The second-order valence-corrected chi connectivity index (χ2v) is 6.96. The number of benzene rings is 2. The predicted molar refractivity (Wildman–Crippen MR) is 102 cm³/mol. The molecule has 0 radical (unpaired) electrons. The van der Waals surface area contributed by atoms with E-state index in [2.05, 4.69) is 22.8 Å². The number of carbonyl (C=O) groups is 2. The van der Waals surface area contributed by atoms with Crippen molar-refractivity contribution < 1.29 is 9.59 Å². The molecule has 0 atom stereocenters. The number of urea groups is 1. The van der Waals surface area contributed by atoms with Crippen molar-refractivity contribution in [2.75, 3.05) is 16.8 Å². The molecule has 0 spiro atoms. The van der Waals surface area contributed by atoms with E-state index in [-0.39, 0.29) is 11.9 Å². The average molecular weight is 349 g/mol. The molecule has 0 aromatic heterocycles. The minimum Gasteiger partial charge on any atom is -0.334 e. The highest BCUT2D eigenvalue weighted by Crippen LogP contribution is 2.25. The summed E-state index contributed by atoms with van der Waals surface area (Å²) >= 11 is 0. The van der Waals surface area contributed by atoms with E-state index in [9.17, 15) is 9.59 Å². The number of nitrogens with zero attached hydrogens (tertiary/aromatic N) is 1. The van der Waals surface area contributed by atoms with Gasteiger partial charge in [0, 0.05) is 30.9 Å². The molecular formula is C21H23N3O2. The van der Waals surface area contributed by atoms with Gasteiger partial charge in [-0.1, -0.05) is 18.2 Å². The molecule has 5 heteroatoms. The van der Waals surface area contributed by atoms with Gasteiger partial charge in [-0.3, -0.25) is 4.79 Å². The monoisotopic (exact) mass is 349 g/mol. The van der Waals surface area contributed by atoms with Crippen LogP contribution in [0.5, 0.6) is 0 Å². The van der Waals surface area contributed by atoms with Gasteiger partial charge in [-0.2, -0.15) is 0 Å². The molecule has 2 aromatic rings. The minimum atomic E-state index is -0.207. The molecule has 1 aliphatic carbocycles. The summed E-state index contributed by atoms with van der Waals surface area (Å²) in [7, 11) is 0. The molecule has 134 valence electrons. The molecule has 1 saturated heterocycles. The van der Waals surface area contributed by atoms with Crippen LogP contribution in [0.3, 0.4) is 0 Å².